The van der Waals surface area contributed by atoms with Crippen LogP contribution in [0.2, 0.25) is 10.0 Å². The molecule has 0 atom stereocenters. The Hall–Kier alpha value is -2.90. The Labute approximate surface area is 195 Å². The maximum atomic E-state index is 13.2. The molecule has 0 aliphatic heterocycles. The average Bonchev–Trinajstić information content (AvgIpc) is 3.01. The molecule has 0 saturated carbocycles. The van der Waals surface area contributed by atoms with Crippen molar-refractivity contribution in [3.63, 3.8) is 0 Å². The van der Waals surface area contributed by atoms with Crippen LogP contribution in [0.5, 0.6) is 0 Å². The van der Waals surface area contributed by atoms with E-state index in [9.17, 15) is 14.0 Å². The number of halogens is 3. The first-order chi connectivity index (χ1) is 15.2. The highest BCUT2D eigenvalue weighted by Crippen LogP contribution is 2.26. The Kier molecular flexibility index (Phi) is 7.88. The molecule has 3 rings (SSSR count). The van der Waals surface area contributed by atoms with Gasteiger partial charge in [-0.1, -0.05) is 35.3 Å². The van der Waals surface area contributed by atoms with Crippen LogP contribution in [0.1, 0.15) is 22.5 Å². The number of hydrogen-bond donors (Lipinski definition) is 2. The third-order valence-electron chi connectivity index (χ3n) is 4.95. The summed E-state index contributed by atoms with van der Waals surface area (Å²) in [7, 11) is 0. The van der Waals surface area contributed by atoms with Crippen LogP contribution in [0.4, 0.5) is 4.39 Å². The minimum Gasteiger partial charge on any atom is -0.354 e. The SMILES string of the molecule is Cc1nn(-c2ccc(Cl)c(Cl)c2)c(C)c1CC(=O)NCCNC(=O)Cc1cccc(F)c1. The van der Waals surface area contributed by atoms with Gasteiger partial charge in [-0.05, 0) is 49.7 Å². The summed E-state index contributed by atoms with van der Waals surface area (Å²) in [6.45, 7) is 4.29. The fraction of sp³-hybridized carbons (Fsp3) is 0.261. The quantitative estimate of drug-likeness (QED) is 0.483. The van der Waals surface area contributed by atoms with Gasteiger partial charge in [0.1, 0.15) is 5.82 Å². The molecular formula is C23H23Cl2FN4O2. The summed E-state index contributed by atoms with van der Waals surface area (Å²) >= 11 is 12.1. The predicted molar refractivity (Wildman–Crippen MR) is 123 cm³/mol. The molecule has 6 nitrogen and oxygen atoms in total. The predicted octanol–water partition coefficient (Wildman–Crippen LogP) is 3.95. The number of nitrogens with zero attached hydrogens (tertiary/aromatic N) is 2. The molecule has 3 aromatic rings. The van der Waals surface area contributed by atoms with Gasteiger partial charge in [-0.2, -0.15) is 5.10 Å². The maximum absolute atomic E-state index is 13.2. The van der Waals surface area contributed by atoms with E-state index in [2.05, 4.69) is 15.7 Å². The molecule has 1 heterocycles. The van der Waals surface area contributed by atoms with Crippen molar-refractivity contribution in [2.75, 3.05) is 13.1 Å². The highest BCUT2D eigenvalue weighted by Gasteiger charge is 2.16. The van der Waals surface area contributed by atoms with E-state index in [-0.39, 0.29) is 43.6 Å². The third kappa shape index (κ3) is 6.08. The molecule has 2 aromatic carbocycles. The van der Waals surface area contributed by atoms with Gasteiger partial charge in [-0.25, -0.2) is 9.07 Å². The van der Waals surface area contributed by atoms with Gasteiger partial charge in [-0.15, -0.1) is 0 Å². The molecule has 0 spiro atoms. The molecule has 0 bridgehead atoms. The average molecular weight is 477 g/mol. The van der Waals surface area contributed by atoms with E-state index in [1.807, 2.05) is 19.9 Å². The summed E-state index contributed by atoms with van der Waals surface area (Å²) in [6, 6.07) is 11.1. The Morgan fingerprint density at radius 2 is 1.66 bits per heavy atom. The fourth-order valence-electron chi connectivity index (χ4n) is 3.32. The lowest BCUT2D eigenvalue weighted by Crippen LogP contribution is -2.36. The van der Waals surface area contributed by atoms with Gasteiger partial charge in [0, 0.05) is 24.3 Å². The molecule has 0 aliphatic rings. The molecule has 0 aliphatic carbocycles. The molecule has 0 unspecified atom stereocenters. The molecule has 0 radical (unpaired) electrons. The number of rotatable bonds is 8. The first-order valence-electron chi connectivity index (χ1n) is 10.0. The topological polar surface area (TPSA) is 76.0 Å². The van der Waals surface area contributed by atoms with Crippen molar-refractivity contribution in [3.8, 4) is 5.69 Å². The van der Waals surface area contributed by atoms with Crippen molar-refractivity contribution in [2.24, 2.45) is 0 Å². The summed E-state index contributed by atoms with van der Waals surface area (Å²) in [5.74, 6) is -0.792. The van der Waals surface area contributed by atoms with Gasteiger partial charge in [0.15, 0.2) is 0 Å². The van der Waals surface area contributed by atoms with E-state index >= 15 is 0 Å². The highest BCUT2D eigenvalue weighted by molar-refractivity contribution is 6.42. The summed E-state index contributed by atoms with van der Waals surface area (Å²) < 4.78 is 14.9. The summed E-state index contributed by atoms with van der Waals surface area (Å²) in [5.41, 5.74) is 3.75. The van der Waals surface area contributed by atoms with Crippen LogP contribution >= 0.6 is 23.2 Å². The largest absolute Gasteiger partial charge is 0.354 e. The smallest absolute Gasteiger partial charge is 0.224 e. The van der Waals surface area contributed by atoms with Crippen LogP contribution < -0.4 is 10.6 Å². The number of aromatic nitrogens is 2. The van der Waals surface area contributed by atoms with Gasteiger partial charge >= 0.3 is 0 Å². The summed E-state index contributed by atoms with van der Waals surface area (Å²) in [4.78, 5) is 24.3. The number of carbonyl (C=O) groups is 2. The maximum Gasteiger partial charge on any atom is 0.224 e. The van der Waals surface area contributed by atoms with Crippen LogP contribution in [0.3, 0.4) is 0 Å². The van der Waals surface area contributed by atoms with E-state index in [4.69, 9.17) is 23.2 Å². The molecular weight excluding hydrogens is 454 g/mol. The van der Waals surface area contributed by atoms with Gasteiger partial charge in [0.2, 0.25) is 11.8 Å². The van der Waals surface area contributed by atoms with Gasteiger partial charge in [0.25, 0.3) is 0 Å². The second-order valence-corrected chi connectivity index (χ2v) is 8.16. The third-order valence-corrected chi connectivity index (χ3v) is 5.69. The van der Waals surface area contributed by atoms with Crippen molar-refractivity contribution in [1.82, 2.24) is 20.4 Å². The Balaban J connectivity index is 1.50. The first-order valence-corrected chi connectivity index (χ1v) is 10.8. The van der Waals surface area contributed by atoms with Crippen LogP contribution in [0, 0.1) is 19.7 Å². The second-order valence-electron chi connectivity index (χ2n) is 7.34. The molecule has 9 heteroatoms. The minimum atomic E-state index is -0.379. The summed E-state index contributed by atoms with van der Waals surface area (Å²) in [5, 5.41) is 10.9. The molecule has 32 heavy (non-hydrogen) atoms. The number of nitrogens with one attached hydrogen (secondary N) is 2. The van der Waals surface area contributed by atoms with E-state index in [0.717, 1.165) is 22.6 Å². The molecule has 168 valence electrons. The number of amides is 2. The Bertz CT molecular complexity index is 1150. The van der Waals surface area contributed by atoms with Gasteiger partial charge in [0.05, 0.1) is 34.3 Å². The fourth-order valence-corrected chi connectivity index (χ4v) is 3.61. The van der Waals surface area contributed by atoms with Crippen LogP contribution in [-0.2, 0) is 22.4 Å². The van der Waals surface area contributed by atoms with E-state index < -0.39 is 0 Å². The standard InChI is InChI=1S/C23H23Cl2FN4O2/c1-14-19(15(2)30(29-14)18-6-7-20(24)21(25)12-18)13-23(32)28-9-8-27-22(31)11-16-4-3-5-17(26)10-16/h3-7,10,12H,8-9,11,13H2,1-2H3,(H,27,31)(H,28,32). The molecule has 2 N–H and O–H groups in total. The van der Waals surface area contributed by atoms with E-state index in [0.29, 0.717) is 15.6 Å². The van der Waals surface area contributed by atoms with Crippen LogP contribution in [0.15, 0.2) is 42.5 Å². The van der Waals surface area contributed by atoms with Gasteiger partial charge in [-0.3, -0.25) is 9.59 Å². The second kappa shape index (κ2) is 10.6. The number of hydrogen-bond acceptors (Lipinski definition) is 3. The molecule has 0 saturated heterocycles. The lowest BCUT2D eigenvalue weighted by atomic mass is 10.1. The van der Waals surface area contributed by atoms with Crippen molar-refractivity contribution in [1.29, 1.82) is 0 Å². The van der Waals surface area contributed by atoms with Crippen molar-refractivity contribution < 1.29 is 14.0 Å². The van der Waals surface area contributed by atoms with E-state index in [1.54, 1.807) is 28.9 Å². The normalized spacial score (nSPS) is 10.8. The summed E-state index contributed by atoms with van der Waals surface area (Å²) in [6.07, 6.45) is 0.244. The minimum absolute atomic E-state index is 0.0813. The zero-order chi connectivity index (χ0) is 23.3. The zero-order valence-corrected chi connectivity index (χ0v) is 19.2. The molecule has 0 fully saturated rings. The highest BCUT2D eigenvalue weighted by atomic mass is 35.5. The van der Waals surface area contributed by atoms with Crippen molar-refractivity contribution >= 4 is 35.0 Å². The molecule has 1 aromatic heterocycles. The number of carbonyl (C=O) groups excluding carboxylic acids is 2. The molecule has 2 amide bonds. The number of aryl methyl sites for hydroxylation is 1. The van der Waals surface area contributed by atoms with Crippen molar-refractivity contribution in [3.05, 3.63) is 80.8 Å². The first kappa shape index (κ1) is 23.8. The Morgan fingerprint density at radius 1 is 0.969 bits per heavy atom. The lowest BCUT2D eigenvalue weighted by Gasteiger charge is -2.09. The zero-order valence-electron chi connectivity index (χ0n) is 17.7. The van der Waals surface area contributed by atoms with Crippen LogP contribution in [-0.4, -0.2) is 34.7 Å². The monoisotopic (exact) mass is 476 g/mol. The number of benzene rings is 2. The Morgan fingerprint density at radius 3 is 2.31 bits per heavy atom. The lowest BCUT2D eigenvalue weighted by molar-refractivity contribution is -0.122. The van der Waals surface area contributed by atoms with Crippen LogP contribution in [0.25, 0.3) is 5.69 Å². The van der Waals surface area contributed by atoms with E-state index in [1.165, 1.54) is 12.1 Å². The van der Waals surface area contributed by atoms with Gasteiger partial charge < -0.3 is 10.6 Å². The van der Waals surface area contributed by atoms with Crippen molar-refractivity contribution in [2.45, 2.75) is 26.7 Å².